The Bertz CT molecular complexity index is 328. The Balaban J connectivity index is 2.11. The third-order valence-electron chi connectivity index (χ3n) is 4.97. The average Bonchev–Trinajstić information content (AvgIpc) is 2.73. The summed E-state index contributed by atoms with van der Waals surface area (Å²) >= 11 is 0. The van der Waals surface area contributed by atoms with Gasteiger partial charge in [-0.05, 0) is 39.0 Å². The lowest BCUT2D eigenvalue weighted by Gasteiger charge is -2.44. The molecular weight excluding hydrogens is 240 g/mol. The van der Waals surface area contributed by atoms with Crippen molar-refractivity contribution in [3.8, 4) is 0 Å². The number of amides is 1. The molecule has 0 aromatic heterocycles. The minimum atomic E-state index is -0.0206. The predicted octanol–water partition coefficient (Wildman–Crippen LogP) is 2.28. The van der Waals surface area contributed by atoms with Crippen LogP contribution in [-0.2, 0) is 9.53 Å². The van der Waals surface area contributed by atoms with E-state index in [1.165, 1.54) is 0 Å². The van der Waals surface area contributed by atoms with E-state index in [1.54, 1.807) is 0 Å². The first-order valence-electron chi connectivity index (χ1n) is 7.79. The van der Waals surface area contributed by atoms with E-state index in [2.05, 4.69) is 37.9 Å². The molecule has 1 amide bonds. The van der Waals surface area contributed by atoms with Crippen LogP contribution in [0.4, 0.5) is 0 Å². The van der Waals surface area contributed by atoms with Gasteiger partial charge in [0.05, 0.1) is 17.8 Å². The fourth-order valence-electron chi connectivity index (χ4n) is 3.58. The van der Waals surface area contributed by atoms with Crippen LogP contribution in [0.5, 0.6) is 0 Å². The molecule has 2 aliphatic rings. The maximum Gasteiger partial charge on any atom is 0.241 e. The Hall–Kier alpha value is -0.610. The summed E-state index contributed by atoms with van der Waals surface area (Å²) in [5.74, 6) is 0.281. The maximum atomic E-state index is 12.5. The first kappa shape index (κ1) is 14.8. The Labute approximate surface area is 116 Å². The summed E-state index contributed by atoms with van der Waals surface area (Å²) in [6.45, 7) is 9.32. The van der Waals surface area contributed by atoms with Crippen molar-refractivity contribution in [2.45, 2.75) is 83.6 Å². The molecule has 0 aliphatic carbocycles. The summed E-state index contributed by atoms with van der Waals surface area (Å²) in [5.41, 5.74) is -0.0206. The highest BCUT2D eigenvalue weighted by Crippen LogP contribution is 2.35. The van der Waals surface area contributed by atoms with Gasteiger partial charge < -0.3 is 9.64 Å². The van der Waals surface area contributed by atoms with Gasteiger partial charge in [-0.3, -0.25) is 10.1 Å². The third-order valence-corrected chi connectivity index (χ3v) is 4.97. The van der Waals surface area contributed by atoms with Crippen molar-refractivity contribution < 1.29 is 9.53 Å². The molecule has 4 nitrogen and oxygen atoms in total. The maximum absolute atomic E-state index is 12.5. The lowest BCUT2D eigenvalue weighted by atomic mass is 9.85. The van der Waals surface area contributed by atoms with Crippen molar-refractivity contribution in [2.24, 2.45) is 0 Å². The standard InChI is InChI=1S/C15H28N2O2/c1-5-13-14(18)17(11(4)16-13)12-8-9-19-15(6-2,7-3)10-12/h11-13,16H,5-10H2,1-4H3. The van der Waals surface area contributed by atoms with Gasteiger partial charge in [-0.15, -0.1) is 0 Å². The molecule has 2 aliphatic heterocycles. The quantitative estimate of drug-likeness (QED) is 0.850. The summed E-state index contributed by atoms with van der Waals surface area (Å²) in [6, 6.07) is 0.343. The van der Waals surface area contributed by atoms with Crippen LogP contribution in [0, 0.1) is 0 Å². The molecule has 0 radical (unpaired) electrons. The van der Waals surface area contributed by atoms with Crippen LogP contribution in [0.15, 0.2) is 0 Å². The minimum absolute atomic E-state index is 0.00972. The Morgan fingerprint density at radius 1 is 1.37 bits per heavy atom. The number of ether oxygens (including phenoxy) is 1. The molecule has 2 heterocycles. The second-order valence-electron chi connectivity index (χ2n) is 5.93. The minimum Gasteiger partial charge on any atom is -0.375 e. The number of nitrogens with one attached hydrogen (secondary N) is 1. The summed E-state index contributed by atoms with van der Waals surface area (Å²) in [6.07, 6.45) is 5.04. The molecule has 1 N–H and O–H groups in total. The van der Waals surface area contributed by atoms with Gasteiger partial charge in [-0.25, -0.2) is 0 Å². The van der Waals surface area contributed by atoms with E-state index >= 15 is 0 Å². The van der Waals surface area contributed by atoms with Gasteiger partial charge in [-0.1, -0.05) is 20.8 Å². The highest BCUT2D eigenvalue weighted by Gasteiger charge is 2.44. The van der Waals surface area contributed by atoms with Crippen LogP contribution >= 0.6 is 0 Å². The zero-order chi connectivity index (χ0) is 14.0. The number of rotatable bonds is 4. The van der Waals surface area contributed by atoms with E-state index in [-0.39, 0.29) is 23.7 Å². The number of hydrogen-bond donors (Lipinski definition) is 1. The van der Waals surface area contributed by atoms with E-state index < -0.39 is 0 Å². The monoisotopic (exact) mass is 268 g/mol. The molecule has 0 aromatic rings. The van der Waals surface area contributed by atoms with Crippen molar-refractivity contribution in [3.63, 3.8) is 0 Å². The third kappa shape index (κ3) is 2.65. The van der Waals surface area contributed by atoms with Crippen molar-refractivity contribution in [3.05, 3.63) is 0 Å². The first-order valence-corrected chi connectivity index (χ1v) is 7.79. The Morgan fingerprint density at radius 2 is 2.05 bits per heavy atom. The normalized spacial score (nSPS) is 34.8. The fourth-order valence-corrected chi connectivity index (χ4v) is 3.58. The van der Waals surface area contributed by atoms with E-state index in [1.807, 2.05) is 0 Å². The lowest BCUT2D eigenvalue weighted by molar-refractivity contribution is -0.142. The topological polar surface area (TPSA) is 41.6 Å². The van der Waals surface area contributed by atoms with Crippen molar-refractivity contribution in [1.29, 1.82) is 0 Å². The Kier molecular flexibility index (Phi) is 4.51. The smallest absolute Gasteiger partial charge is 0.241 e. The van der Waals surface area contributed by atoms with E-state index in [9.17, 15) is 4.79 Å². The van der Waals surface area contributed by atoms with Crippen LogP contribution < -0.4 is 5.32 Å². The lowest BCUT2D eigenvalue weighted by Crippen LogP contribution is -2.51. The second-order valence-corrected chi connectivity index (χ2v) is 5.93. The molecule has 2 saturated heterocycles. The molecule has 3 unspecified atom stereocenters. The summed E-state index contributed by atoms with van der Waals surface area (Å²) in [7, 11) is 0. The number of carbonyl (C=O) groups excluding carboxylic acids is 1. The van der Waals surface area contributed by atoms with Crippen LogP contribution in [0.25, 0.3) is 0 Å². The SMILES string of the molecule is CCC1NC(C)N(C2CCOC(CC)(CC)C2)C1=O. The average molecular weight is 268 g/mol. The largest absolute Gasteiger partial charge is 0.375 e. The van der Waals surface area contributed by atoms with Crippen LogP contribution in [-0.4, -0.2) is 41.3 Å². The molecule has 0 spiro atoms. The van der Waals surface area contributed by atoms with Crippen LogP contribution in [0.3, 0.4) is 0 Å². The zero-order valence-corrected chi connectivity index (χ0v) is 12.7. The summed E-state index contributed by atoms with van der Waals surface area (Å²) in [4.78, 5) is 14.5. The van der Waals surface area contributed by atoms with Gasteiger partial charge in [0.15, 0.2) is 0 Å². The van der Waals surface area contributed by atoms with Crippen molar-refractivity contribution >= 4 is 5.91 Å². The van der Waals surface area contributed by atoms with Crippen LogP contribution in [0.1, 0.15) is 59.8 Å². The predicted molar refractivity (Wildman–Crippen MR) is 75.8 cm³/mol. The van der Waals surface area contributed by atoms with Gasteiger partial charge >= 0.3 is 0 Å². The summed E-state index contributed by atoms with van der Waals surface area (Å²) in [5, 5.41) is 3.40. The summed E-state index contributed by atoms with van der Waals surface area (Å²) < 4.78 is 6.02. The molecule has 19 heavy (non-hydrogen) atoms. The molecular formula is C15H28N2O2. The van der Waals surface area contributed by atoms with E-state index in [4.69, 9.17) is 4.74 Å². The van der Waals surface area contributed by atoms with Crippen molar-refractivity contribution in [2.75, 3.05) is 6.61 Å². The van der Waals surface area contributed by atoms with E-state index in [0.717, 1.165) is 38.7 Å². The van der Waals surface area contributed by atoms with Gasteiger partial charge in [0.1, 0.15) is 0 Å². The first-order chi connectivity index (χ1) is 9.06. The zero-order valence-electron chi connectivity index (χ0n) is 12.7. The molecule has 0 aromatic carbocycles. The highest BCUT2D eigenvalue weighted by molar-refractivity contribution is 5.84. The van der Waals surface area contributed by atoms with Crippen molar-refractivity contribution in [1.82, 2.24) is 10.2 Å². The number of carbonyl (C=O) groups is 1. The van der Waals surface area contributed by atoms with Gasteiger partial charge in [-0.2, -0.15) is 0 Å². The van der Waals surface area contributed by atoms with Gasteiger partial charge in [0, 0.05) is 12.6 Å². The van der Waals surface area contributed by atoms with Gasteiger partial charge in [0.25, 0.3) is 0 Å². The number of nitrogens with zero attached hydrogens (tertiary/aromatic N) is 1. The second kappa shape index (κ2) is 5.80. The highest BCUT2D eigenvalue weighted by atomic mass is 16.5. The molecule has 2 fully saturated rings. The molecule has 3 atom stereocenters. The number of hydrogen-bond acceptors (Lipinski definition) is 3. The molecule has 2 rings (SSSR count). The molecule has 4 heteroatoms. The molecule has 0 bridgehead atoms. The molecule has 110 valence electrons. The van der Waals surface area contributed by atoms with Crippen LogP contribution in [0.2, 0.25) is 0 Å². The van der Waals surface area contributed by atoms with Gasteiger partial charge in [0.2, 0.25) is 5.91 Å². The van der Waals surface area contributed by atoms with E-state index in [0.29, 0.717) is 6.04 Å². The Morgan fingerprint density at radius 3 is 2.58 bits per heavy atom. The fraction of sp³-hybridized carbons (Fsp3) is 0.933. The molecule has 0 saturated carbocycles.